The molecule has 0 bridgehead atoms. The van der Waals surface area contributed by atoms with Crippen LogP contribution in [0.2, 0.25) is 5.02 Å². The number of hydrogen-bond acceptors (Lipinski definition) is 4. The predicted octanol–water partition coefficient (Wildman–Crippen LogP) is 5.97. The summed E-state index contributed by atoms with van der Waals surface area (Å²) >= 11 is 6.09. The van der Waals surface area contributed by atoms with Crippen molar-refractivity contribution in [1.29, 1.82) is 0 Å². The lowest BCUT2D eigenvalue weighted by molar-refractivity contribution is 0.554. The zero-order valence-electron chi connectivity index (χ0n) is 15.2. The standard InChI is InChI=1S/C21H20ClN5.CH4/c1-14(16-7-4-3-5-8-16)13-27-21-19(12-23-27)20(24-15(2)25-21)26-18-10-6-9-17(22)11-18;/h3-12,14H,13H2,1-2H3,(H,24,25,26);1H4. The third-order valence-corrected chi connectivity index (χ3v) is 4.75. The van der Waals surface area contributed by atoms with Gasteiger partial charge < -0.3 is 5.32 Å². The highest BCUT2D eigenvalue weighted by Gasteiger charge is 2.14. The Morgan fingerprint density at radius 1 is 1.07 bits per heavy atom. The summed E-state index contributed by atoms with van der Waals surface area (Å²) in [4.78, 5) is 9.18. The van der Waals surface area contributed by atoms with E-state index in [-0.39, 0.29) is 7.43 Å². The lowest BCUT2D eigenvalue weighted by atomic mass is 10.0. The summed E-state index contributed by atoms with van der Waals surface area (Å²) in [6.45, 7) is 4.84. The van der Waals surface area contributed by atoms with E-state index in [0.717, 1.165) is 29.1 Å². The Hall–Kier alpha value is -2.92. The second kappa shape index (κ2) is 8.40. The third kappa shape index (κ3) is 4.15. The number of fused-ring (bicyclic) bond motifs is 1. The number of aryl methyl sites for hydroxylation is 1. The molecule has 4 aromatic rings. The van der Waals surface area contributed by atoms with Crippen molar-refractivity contribution in [3.05, 3.63) is 77.2 Å². The smallest absolute Gasteiger partial charge is 0.163 e. The molecular formula is C22H24ClN5. The van der Waals surface area contributed by atoms with E-state index in [1.165, 1.54) is 5.56 Å². The lowest BCUT2D eigenvalue weighted by Gasteiger charge is -2.13. The van der Waals surface area contributed by atoms with Crippen molar-refractivity contribution in [2.45, 2.75) is 33.7 Å². The van der Waals surface area contributed by atoms with Crippen LogP contribution >= 0.6 is 11.6 Å². The molecule has 0 saturated heterocycles. The summed E-state index contributed by atoms with van der Waals surface area (Å²) in [5, 5.41) is 9.47. The van der Waals surface area contributed by atoms with Gasteiger partial charge in [0.15, 0.2) is 5.65 Å². The molecule has 0 aliphatic heterocycles. The largest absolute Gasteiger partial charge is 0.339 e. The van der Waals surface area contributed by atoms with Gasteiger partial charge >= 0.3 is 0 Å². The fraction of sp³-hybridized carbons (Fsp3) is 0.227. The molecule has 144 valence electrons. The maximum Gasteiger partial charge on any atom is 0.163 e. The Bertz CT molecular complexity index is 1070. The fourth-order valence-corrected chi connectivity index (χ4v) is 3.33. The average molecular weight is 394 g/mol. The van der Waals surface area contributed by atoms with Gasteiger partial charge in [-0.25, -0.2) is 14.6 Å². The van der Waals surface area contributed by atoms with Crippen LogP contribution in [0.25, 0.3) is 11.0 Å². The predicted molar refractivity (Wildman–Crippen MR) is 116 cm³/mol. The Kier molecular flexibility index (Phi) is 5.95. The molecule has 0 spiro atoms. The molecule has 1 unspecified atom stereocenters. The van der Waals surface area contributed by atoms with Crippen LogP contribution in [-0.4, -0.2) is 19.7 Å². The van der Waals surface area contributed by atoms with Gasteiger partial charge in [0.25, 0.3) is 0 Å². The quantitative estimate of drug-likeness (QED) is 0.453. The van der Waals surface area contributed by atoms with Crippen LogP contribution in [0.3, 0.4) is 0 Å². The van der Waals surface area contributed by atoms with Crippen LogP contribution < -0.4 is 5.32 Å². The zero-order valence-corrected chi connectivity index (χ0v) is 16.0. The number of nitrogens with one attached hydrogen (secondary N) is 1. The number of anilines is 2. The van der Waals surface area contributed by atoms with Crippen LogP contribution in [0.4, 0.5) is 11.5 Å². The Balaban J connectivity index is 0.00000225. The van der Waals surface area contributed by atoms with Crippen molar-refractivity contribution in [2.24, 2.45) is 0 Å². The number of rotatable bonds is 5. The first-order chi connectivity index (χ1) is 13.1. The summed E-state index contributed by atoms with van der Waals surface area (Å²) in [7, 11) is 0. The number of aromatic nitrogens is 4. The molecule has 2 aromatic carbocycles. The van der Waals surface area contributed by atoms with Gasteiger partial charge in [-0.05, 0) is 30.7 Å². The molecule has 4 rings (SSSR count). The first kappa shape index (κ1) is 19.8. The van der Waals surface area contributed by atoms with Crippen LogP contribution in [0.1, 0.15) is 31.7 Å². The Morgan fingerprint density at radius 3 is 2.61 bits per heavy atom. The second-order valence-electron chi connectivity index (χ2n) is 6.63. The van der Waals surface area contributed by atoms with Gasteiger partial charge in [0, 0.05) is 23.2 Å². The first-order valence-corrected chi connectivity index (χ1v) is 9.25. The first-order valence-electron chi connectivity index (χ1n) is 8.88. The van der Waals surface area contributed by atoms with Gasteiger partial charge in [-0.15, -0.1) is 0 Å². The highest BCUT2D eigenvalue weighted by Crippen LogP contribution is 2.26. The van der Waals surface area contributed by atoms with E-state index >= 15 is 0 Å². The maximum absolute atomic E-state index is 6.09. The average Bonchev–Trinajstić information content (AvgIpc) is 3.05. The Morgan fingerprint density at radius 2 is 1.86 bits per heavy atom. The van der Waals surface area contributed by atoms with Crippen molar-refractivity contribution in [3.8, 4) is 0 Å². The molecule has 6 heteroatoms. The third-order valence-electron chi connectivity index (χ3n) is 4.51. The van der Waals surface area contributed by atoms with E-state index in [4.69, 9.17) is 11.6 Å². The summed E-state index contributed by atoms with van der Waals surface area (Å²) in [6.07, 6.45) is 1.82. The topological polar surface area (TPSA) is 55.6 Å². The SMILES string of the molecule is C.Cc1nc(Nc2cccc(Cl)c2)c2cnn(CC(C)c3ccccc3)c2n1. The van der Waals surface area contributed by atoms with Crippen LogP contribution in [0.5, 0.6) is 0 Å². The van der Waals surface area contributed by atoms with Crippen molar-refractivity contribution >= 4 is 34.1 Å². The molecule has 0 saturated carbocycles. The van der Waals surface area contributed by atoms with Crippen LogP contribution in [0, 0.1) is 6.92 Å². The molecular weight excluding hydrogens is 370 g/mol. The summed E-state index contributed by atoms with van der Waals surface area (Å²) < 4.78 is 1.95. The molecule has 5 nitrogen and oxygen atoms in total. The van der Waals surface area contributed by atoms with E-state index in [0.29, 0.717) is 16.8 Å². The van der Waals surface area contributed by atoms with Crippen molar-refractivity contribution in [1.82, 2.24) is 19.7 Å². The maximum atomic E-state index is 6.09. The second-order valence-corrected chi connectivity index (χ2v) is 7.07. The van der Waals surface area contributed by atoms with E-state index in [2.05, 4.69) is 51.6 Å². The van der Waals surface area contributed by atoms with Gasteiger partial charge in [0.2, 0.25) is 0 Å². The highest BCUT2D eigenvalue weighted by molar-refractivity contribution is 6.30. The zero-order chi connectivity index (χ0) is 18.8. The molecule has 0 aliphatic rings. The van der Waals surface area contributed by atoms with Crippen molar-refractivity contribution in [3.63, 3.8) is 0 Å². The minimum atomic E-state index is 0. The van der Waals surface area contributed by atoms with Crippen LogP contribution in [0.15, 0.2) is 60.8 Å². The summed E-state index contributed by atoms with van der Waals surface area (Å²) in [6, 6.07) is 18.0. The van der Waals surface area contributed by atoms with Gasteiger partial charge in [-0.3, -0.25) is 0 Å². The molecule has 2 aromatic heterocycles. The van der Waals surface area contributed by atoms with Crippen molar-refractivity contribution < 1.29 is 0 Å². The van der Waals surface area contributed by atoms with Crippen LogP contribution in [-0.2, 0) is 6.54 Å². The molecule has 0 fully saturated rings. The lowest BCUT2D eigenvalue weighted by Crippen LogP contribution is -2.09. The van der Waals surface area contributed by atoms with Gasteiger partial charge in [0.05, 0.1) is 11.6 Å². The molecule has 1 atom stereocenters. The van der Waals surface area contributed by atoms with Gasteiger partial charge in [-0.1, -0.05) is 62.3 Å². The summed E-state index contributed by atoms with van der Waals surface area (Å²) in [5.74, 6) is 1.76. The van der Waals surface area contributed by atoms with E-state index in [1.807, 2.05) is 48.1 Å². The number of benzene rings is 2. The molecule has 2 heterocycles. The van der Waals surface area contributed by atoms with E-state index in [1.54, 1.807) is 0 Å². The minimum Gasteiger partial charge on any atom is -0.339 e. The number of nitrogens with zero attached hydrogens (tertiary/aromatic N) is 4. The van der Waals surface area contributed by atoms with Crippen molar-refractivity contribution in [2.75, 3.05) is 5.32 Å². The monoisotopic (exact) mass is 393 g/mol. The van der Waals surface area contributed by atoms with E-state index in [9.17, 15) is 0 Å². The highest BCUT2D eigenvalue weighted by atomic mass is 35.5. The molecule has 0 radical (unpaired) electrons. The normalized spacial score (nSPS) is 11.8. The molecule has 0 aliphatic carbocycles. The van der Waals surface area contributed by atoms with E-state index < -0.39 is 0 Å². The van der Waals surface area contributed by atoms with Gasteiger partial charge in [0.1, 0.15) is 11.6 Å². The fourth-order valence-electron chi connectivity index (χ4n) is 3.14. The minimum absolute atomic E-state index is 0. The molecule has 28 heavy (non-hydrogen) atoms. The Labute approximate surface area is 170 Å². The number of halogens is 1. The number of hydrogen-bond donors (Lipinski definition) is 1. The molecule has 1 N–H and O–H groups in total. The van der Waals surface area contributed by atoms with Gasteiger partial charge in [-0.2, -0.15) is 5.10 Å². The summed E-state index contributed by atoms with van der Waals surface area (Å²) in [5.41, 5.74) is 2.99. The molecule has 0 amide bonds.